The fraction of sp³-hybridized carbons (Fsp3) is 0.636. The molecule has 0 saturated carbocycles. The lowest BCUT2D eigenvalue weighted by molar-refractivity contribution is -0.117. The second kappa shape index (κ2) is 3.44. The smallest absolute Gasteiger partial charge is 0.249 e. The molecule has 2 nitrogen and oxygen atoms in total. The summed E-state index contributed by atoms with van der Waals surface area (Å²) >= 11 is 0. The van der Waals surface area contributed by atoms with Crippen LogP contribution in [0.5, 0.6) is 0 Å². The Kier molecular flexibility index (Phi) is 2.69. The Labute approximate surface area is 79.8 Å². The summed E-state index contributed by atoms with van der Waals surface area (Å²) in [4.78, 5) is 15.0. The van der Waals surface area contributed by atoms with E-state index < -0.39 is 0 Å². The van der Waals surface area contributed by atoms with Gasteiger partial charge in [0.1, 0.15) is 0 Å². The molecular formula is C11H17NO. The minimum atomic E-state index is -0.0119. The van der Waals surface area contributed by atoms with Crippen molar-refractivity contribution in [1.82, 2.24) is 0 Å². The molecule has 2 heteroatoms. The largest absolute Gasteiger partial charge is 0.272 e. The first-order valence-corrected chi connectivity index (χ1v) is 4.74. The molecule has 1 heterocycles. The van der Waals surface area contributed by atoms with Crippen molar-refractivity contribution in [2.24, 2.45) is 10.4 Å². The fourth-order valence-corrected chi connectivity index (χ4v) is 1.59. The summed E-state index contributed by atoms with van der Waals surface area (Å²) in [6.07, 6.45) is 3.19. The molecule has 72 valence electrons. The maximum Gasteiger partial charge on any atom is 0.249 e. The number of allylic oxidation sites excluding steroid dienone is 1. The summed E-state index contributed by atoms with van der Waals surface area (Å²) in [5.74, 6) is -0.0119. The van der Waals surface area contributed by atoms with Gasteiger partial charge in [0.05, 0.1) is 6.42 Å². The summed E-state index contributed by atoms with van der Waals surface area (Å²) in [5.41, 5.74) is 2.56. The Morgan fingerprint density at radius 3 is 2.54 bits per heavy atom. The summed E-state index contributed by atoms with van der Waals surface area (Å²) in [5, 5.41) is 0. The van der Waals surface area contributed by atoms with Crippen LogP contribution in [0.4, 0.5) is 0 Å². The lowest BCUT2D eigenvalue weighted by Crippen LogP contribution is -2.18. The number of nitrogens with zero attached hydrogens (tertiary/aromatic N) is 1. The summed E-state index contributed by atoms with van der Waals surface area (Å²) in [6, 6.07) is 0. The summed E-state index contributed by atoms with van der Waals surface area (Å²) in [6.45, 7) is 8.53. The predicted octanol–water partition coefficient (Wildman–Crippen LogP) is 2.74. The molecule has 0 fully saturated rings. The Balaban J connectivity index is 3.06. The highest BCUT2D eigenvalue weighted by Gasteiger charge is 2.24. The fourth-order valence-electron chi connectivity index (χ4n) is 1.59. The number of carbonyl (C=O) groups is 1. The van der Waals surface area contributed by atoms with Crippen molar-refractivity contribution >= 4 is 12.1 Å². The van der Waals surface area contributed by atoms with Crippen molar-refractivity contribution in [3.8, 4) is 0 Å². The van der Waals surface area contributed by atoms with Gasteiger partial charge in [-0.1, -0.05) is 33.3 Å². The Bertz CT molecular complexity index is 279. The highest BCUT2D eigenvalue weighted by atomic mass is 16.1. The standard InChI is InChI=1S/C11H17NO/c1-5-8-7-12-10(13)6-9(8)11(2,3)4/h7H,5-6H2,1-4H3. The van der Waals surface area contributed by atoms with Gasteiger partial charge in [0.15, 0.2) is 0 Å². The molecule has 0 radical (unpaired) electrons. The van der Waals surface area contributed by atoms with Gasteiger partial charge in [0.25, 0.3) is 0 Å². The maximum atomic E-state index is 11.1. The van der Waals surface area contributed by atoms with E-state index in [4.69, 9.17) is 0 Å². The zero-order chi connectivity index (χ0) is 10.1. The quantitative estimate of drug-likeness (QED) is 0.608. The second-order valence-electron chi connectivity index (χ2n) is 4.44. The average Bonchev–Trinajstić information content (AvgIpc) is 2.03. The van der Waals surface area contributed by atoms with Crippen molar-refractivity contribution in [3.05, 3.63) is 11.1 Å². The Morgan fingerprint density at radius 1 is 1.46 bits per heavy atom. The molecule has 0 N–H and O–H groups in total. The molecule has 0 saturated heterocycles. The van der Waals surface area contributed by atoms with E-state index in [1.54, 1.807) is 6.21 Å². The number of rotatable bonds is 1. The van der Waals surface area contributed by atoms with Crippen LogP contribution in [0.3, 0.4) is 0 Å². The molecule has 0 bridgehead atoms. The second-order valence-corrected chi connectivity index (χ2v) is 4.44. The number of carbonyl (C=O) groups excluding carboxylic acids is 1. The van der Waals surface area contributed by atoms with Crippen molar-refractivity contribution in [3.63, 3.8) is 0 Å². The van der Waals surface area contributed by atoms with Crippen LogP contribution in [0.1, 0.15) is 40.5 Å². The van der Waals surface area contributed by atoms with E-state index in [1.807, 2.05) is 0 Å². The molecule has 13 heavy (non-hydrogen) atoms. The van der Waals surface area contributed by atoms with Crippen molar-refractivity contribution in [2.45, 2.75) is 40.5 Å². The first-order chi connectivity index (χ1) is 5.95. The van der Waals surface area contributed by atoms with Gasteiger partial charge in [-0.3, -0.25) is 4.79 Å². The lowest BCUT2D eigenvalue weighted by atomic mass is 9.80. The van der Waals surface area contributed by atoms with Crippen LogP contribution in [-0.4, -0.2) is 12.1 Å². The molecule has 0 aromatic carbocycles. The highest BCUT2D eigenvalue weighted by Crippen LogP contribution is 2.33. The number of aliphatic imine (C=N–C) groups is 1. The van der Waals surface area contributed by atoms with Gasteiger partial charge in [-0.25, -0.2) is 4.99 Å². The first-order valence-electron chi connectivity index (χ1n) is 4.74. The third kappa shape index (κ3) is 2.27. The Hall–Kier alpha value is -0.920. The van der Waals surface area contributed by atoms with Gasteiger partial charge in [0, 0.05) is 6.21 Å². The van der Waals surface area contributed by atoms with Crippen LogP contribution in [0.2, 0.25) is 0 Å². The third-order valence-electron chi connectivity index (χ3n) is 2.37. The molecule has 0 aliphatic carbocycles. The van der Waals surface area contributed by atoms with Gasteiger partial charge in [0.2, 0.25) is 5.91 Å². The molecule has 1 aliphatic heterocycles. The zero-order valence-corrected chi connectivity index (χ0v) is 8.85. The van der Waals surface area contributed by atoms with Crippen LogP contribution < -0.4 is 0 Å². The summed E-state index contributed by atoms with van der Waals surface area (Å²) in [7, 11) is 0. The monoisotopic (exact) mass is 179 g/mol. The van der Waals surface area contributed by atoms with E-state index in [9.17, 15) is 4.79 Å². The van der Waals surface area contributed by atoms with E-state index in [0.29, 0.717) is 6.42 Å². The van der Waals surface area contributed by atoms with Gasteiger partial charge in [-0.15, -0.1) is 0 Å². The predicted molar refractivity (Wildman–Crippen MR) is 54.9 cm³/mol. The van der Waals surface area contributed by atoms with Crippen LogP contribution in [0.25, 0.3) is 0 Å². The van der Waals surface area contributed by atoms with Gasteiger partial charge >= 0.3 is 0 Å². The minimum Gasteiger partial charge on any atom is -0.272 e. The topological polar surface area (TPSA) is 29.4 Å². The molecular weight excluding hydrogens is 162 g/mol. The van der Waals surface area contributed by atoms with Crippen LogP contribution in [0, 0.1) is 5.41 Å². The molecule has 0 unspecified atom stereocenters. The van der Waals surface area contributed by atoms with Gasteiger partial charge in [-0.2, -0.15) is 0 Å². The van der Waals surface area contributed by atoms with Gasteiger partial charge < -0.3 is 0 Å². The zero-order valence-electron chi connectivity index (χ0n) is 8.85. The molecule has 1 amide bonds. The third-order valence-corrected chi connectivity index (χ3v) is 2.37. The van der Waals surface area contributed by atoms with Crippen molar-refractivity contribution in [2.75, 3.05) is 0 Å². The molecule has 1 aliphatic rings. The molecule has 0 aromatic heterocycles. The number of hydrogen-bond donors (Lipinski definition) is 0. The molecule has 0 aromatic rings. The van der Waals surface area contributed by atoms with E-state index in [-0.39, 0.29) is 11.3 Å². The average molecular weight is 179 g/mol. The van der Waals surface area contributed by atoms with Crippen LogP contribution in [0.15, 0.2) is 16.1 Å². The van der Waals surface area contributed by atoms with E-state index in [2.05, 4.69) is 32.7 Å². The van der Waals surface area contributed by atoms with Gasteiger partial charge in [-0.05, 0) is 17.4 Å². The summed E-state index contributed by atoms with van der Waals surface area (Å²) < 4.78 is 0. The van der Waals surface area contributed by atoms with E-state index in [0.717, 1.165) is 6.42 Å². The van der Waals surface area contributed by atoms with Crippen LogP contribution >= 0.6 is 0 Å². The number of amides is 1. The Morgan fingerprint density at radius 2 is 2.08 bits per heavy atom. The molecule has 0 spiro atoms. The van der Waals surface area contributed by atoms with Crippen LogP contribution in [-0.2, 0) is 4.79 Å². The van der Waals surface area contributed by atoms with Crippen molar-refractivity contribution in [1.29, 1.82) is 0 Å². The molecule has 1 rings (SSSR count). The molecule has 0 atom stereocenters. The number of dihydropyridines is 1. The SMILES string of the molecule is CCC1=C(C(C)(C)C)CC(=O)N=C1. The lowest BCUT2D eigenvalue weighted by Gasteiger charge is -2.26. The van der Waals surface area contributed by atoms with Crippen molar-refractivity contribution < 1.29 is 4.79 Å². The normalized spacial score (nSPS) is 18.3. The van der Waals surface area contributed by atoms with E-state index >= 15 is 0 Å². The maximum absolute atomic E-state index is 11.1. The first kappa shape index (κ1) is 10.2. The van der Waals surface area contributed by atoms with E-state index in [1.165, 1.54) is 11.1 Å². The number of hydrogen-bond acceptors (Lipinski definition) is 1. The minimum absolute atomic E-state index is 0.0119. The highest BCUT2D eigenvalue weighted by molar-refractivity contribution is 5.97.